The van der Waals surface area contributed by atoms with Crippen LogP contribution in [0.5, 0.6) is 0 Å². The van der Waals surface area contributed by atoms with Crippen LogP contribution in [0.3, 0.4) is 0 Å². The first kappa shape index (κ1) is 16.9. The summed E-state index contributed by atoms with van der Waals surface area (Å²) in [4.78, 5) is 12.8. The maximum absolute atomic E-state index is 5.76. The Balaban J connectivity index is 0.000000612. The van der Waals surface area contributed by atoms with E-state index in [4.69, 9.17) is 5.73 Å². The van der Waals surface area contributed by atoms with Crippen LogP contribution in [0.25, 0.3) is 0 Å². The molecule has 0 aliphatic rings. The lowest BCUT2D eigenvalue weighted by atomic mass is 10.4. The number of halogens is 1. The molecule has 0 bridgehead atoms. The smallest absolute Gasteiger partial charge is 0.190 e. The number of pyridine rings is 1. The fourth-order valence-electron chi connectivity index (χ4n) is 1.24. The van der Waals surface area contributed by atoms with Gasteiger partial charge in [0.2, 0.25) is 0 Å². The second-order valence-corrected chi connectivity index (χ2v) is 5.64. The number of nitrogens with zero attached hydrogens (tertiary/aromatic N) is 3. The van der Waals surface area contributed by atoms with Gasteiger partial charge in [0.15, 0.2) is 5.16 Å². The molecule has 0 aliphatic carbocycles. The van der Waals surface area contributed by atoms with E-state index in [9.17, 15) is 0 Å². The predicted octanol–water partition coefficient (Wildman–Crippen LogP) is 2.65. The maximum Gasteiger partial charge on any atom is 0.190 e. The van der Waals surface area contributed by atoms with E-state index < -0.39 is 0 Å². The van der Waals surface area contributed by atoms with Crippen LogP contribution >= 0.6 is 27.7 Å². The average molecular weight is 356 g/mol. The Hall–Kier alpha value is -1.18. The second kappa shape index (κ2) is 8.89. The Bertz CT molecular complexity index is 513. The highest BCUT2D eigenvalue weighted by Gasteiger charge is 2.07. The van der Waals surface area contributed by atoms with Crippen molar-refractivity contribution in [3.63, 3.8) is 0 Å². The quantitative estimate of drug-likeness (QED) is 0.650. The van der Waals surface area contributed by atoms with Gasteiger partial charge in [0.1, 0.15) is 5.82 Å². The molecule has 0 spiro atoms. The fourth-order valence-corrected chi connectivity index (χ4v) is 2.23. The van der Waals surface area contributed by atoms with Gasteiger partial charge in [-0.05, 0) is 49.1 Å². The van der Waals surface area contributed by atoms with Crippen LogP contribution in [0.15, 0.2) is 34.0 Å². The lowest BCUT2D eigenvalue weighted by Gasteiger charge is -2.05. The molecular formula is C13H18BrN5S. The molecule has 0 unspecified atom stereocenters. The molecule has 20 heavy (non-hydrogen) atoms. The standard InChI is InChI=1S/C11H11BrN4S.C2H7N/c1-7-9(12)10(13)16-11(15-7)17-6-8-4-2-3-5-14-8;1-3-2/h2-5H,6H2,1H3,(H2,13,15,16);3H,1-2H3. The third-order valence-corrected chi connectivity index (χ3v) is 3.96. The van der Waals surface area contributed by atoms with Crippen molar-refractivity contribution in [2.45, 2.75) is 17.8 Å². The number of hydrogen-bond acceptors (Lipinski definition) is 6. The molecule has 0 radical (unpaired) electrons. The number of hydrogen-bond donors (Lipinski definition) is 2. The van der Waals surface area contributed by atoms with E-state index in [2.05, 4.69) is 36.2 Å². The van der Waals surface area contributed by atoms with Gasteiger partial charge in [0.05, 0.1) is 15.9 Å². The average Bonchev–Trinajstić information content (AvgIpc) is 2.44. The van der Waals surface area contributed by atoms with Crippen LogP contribution in [0.2, 0.25) is 0 Å². The fraction of sp³-hybridized carbons (Fsp3) is 0.308. The maximum atomic E-state index is 5.76. The molecule has 2 heterocycles. The van der Waals surface area contributed by atoms with Gasteiger partial charge in [-0.3, -0.25) is 4.98 Å². The van der Waals surface area contributed by atoms with Crippen molar-refractivity contribution in [3.8, 4) is 0 Å². The highest BCUT2D eigenvalue weighted by atomic mass is 79.9. The summed E-state index contributed by atoms with van der Waals surface area (Å²) in [6.45, 7) is 1.90. The summed E-state index contributed by atoms with van der Waals surface area (Å²) >= 11 is 4.86. The van der Waals surface area contributed by atoms with Crippen molar-refractivity contribution >= 4 is 33.5 Å². The van der Waals surface area contributed by atoms with Gasteiger partial charge in [-0.2, -0.15) is 0 Å². The highest BCUT2D eigenvalue weighted by molar-refractivity contribution is 9.10. The van der Waals surface area contributed by atoms with Crippen molar-refractivity contribution in [2.24, 2.45) is 0 Å². The van der Waals surface area contributed by atoms with E-state index in [1.54, 1.807) is 6.20 Å². The first-order chi connectivity index (χ1) is 9.58. The number of aryl methyl sites for hydroxylation is 1. The first-order valence-electron chi connectivity index (χ1n) is 5.99. The number of anilines is 1. The van der Waals surface area contributed by atoms with E-state index in [-0.39, 0.29) is 0 Å². The van der Waals surface area contributed by atoms with Gasteiger partial charge in [0, 0.05) is 11.9 Å². The zero-order valence-corrected chi connectivity index (χ0v) is 14.1. The molecule has 0 fully saturated rings. The summed E-state index contributed by atoms with van der Waals surface area (Å²) in [5.74, 6) is 1.21. The molecule has 2 aromatic heterocycles. The van der Waals surface area contributed by atoms with Crippen LogP contribution in [-0.4, -0.2) is 29.0 Å². The van der Waals surface area contributed by atoms with Crippen molar-refractivity contribution < 1.29 is 0 Å². The topological polar surface area (TPSA) is 76.7 Å². The van der Waals surface area contributed by atoms with E-state index in [1.165, 1.54) is 11.8 Å². The van der Waals surface area contributed by atoms with Crippen LogP contribution in [0, 0.1) is 6.92 Å². The summed E-state index contributed by atoms with van der Waals surface area (Å²) < 4.78 is 0.764. The van der Waals surface area contributed by atoms with Crippen molar-refractivity contribution in [2.75, 3.05) is 19.8 Å². The van der Waals surface area contributed by atoms with E-state index in [0.29, 0.717) is 11.0 Å². The minimum absolute atomic E-state index is 0.473. The van der Waals surface area contributed by atoms with Gasteiger partial charge in [-0.1, -0.05) is 17.8 Å². The Kier molecular flexibility index (Phi) is 7.50. The normalized spacial score (nSPS) is 9.80. The molecule has 0 atom stereocenters. The molecule has 108 valence electrons. The molecule has 3 N–H and O–H groups in total. The van der Waals surface area contributed by atoms with Crippen LogP contribution in [0.1, 0.15) is 11.4 Å². The van der Waals surface area contributed by atoms with Gasteiger partial charge in [0.25, 0.3) is 0 Å². The van der Waals surface area contributed by atoms with Gasteiger partial charge < -0.3 is 11.1 Å². The SMILES string of the molecule is CNC.Cc1nc(SCc2ccccn2)nc(N)c1Br. The number of rotatable bonds is 3. The first-order valence-corrected chi connectivity index (χ1v) is 7.77. The molecule has 0 aliphatic heterocycles. The molecule has 2 aromatic rings. The van der Waals surface area contributed by atoms with Gasteiger partial charge in [-0.25, -0.2) is 9.97 Å². The molecule has 0 saturated heterocycles. The molecule has 0 amide bonds. The minimum atomic E-state index is 0.473. The second-order valence-electron chi connectivity index (χ2n) is 3.90. The van der Waals surface area contributed by atoms with Gasteiger partial charge >= 0.3 is 0 Å². The van der Waals surface area contributed by atoms with Crippen molar-refractivity contribution in [1.29, 1.82) is 0 Å². The Labute approximate surface area is 131 Å². The Morgan fingerprint density at radius 3 is 2.55 bits per heavy atom. The van der Waals surface area contributed by atoms with Gasteiger partial charge in [-0.15, -0.1) is 0 Å². The third kappa shape index (κ3) is 5.44. The summed E-state index contributed by atoms with van der Waals surface area (Å²) in [5.41, 5.74) is 7.61. The molecule has 7 heteroatoms. The van der Waals surface area contributed by atoms with Crippen molar-refractivity contribution in [3.05, 3.63) is 40.3 Å². The van der Waals surface area contributed by atoms with Crippen LogP contribution in [-0.2, 0) is 5.75 Å². The summed E-state index contributed by atoms with van der Waals surface area (Å²) in [5, 5.41) is 3.42. The number of nitrogens with two attached hydrogens (primary N) is 1. The lowest BCUT2D eigenvalue weighted by Crippen LogP contribution is -1.99. The Morgan fingerprint density at radius 1 is 1.30 bits per heavy atom. The highest BCUT2D eigenvalue weighted by Crippen LogP contribution is 2.25. The minimum Gasteiger partial charge on any atom is -0.383 e. The number of thioether (sulfide) groups is 1. The summed E-state index contributed by atoms with van der Waals surface area (Å²) in [7, 11) is 3.75. The van der Waals surface area contributed by atoms with E-state index >= 15 is 0 Å². The lowest BCUT2D eigenvalue weighted by molar-refractivity contribution is 0.929. The zero-order chi connectivity index (χ0) is 15.0. The summed E-state index contributed by atoms with van der Waals surface area (Å²) in [6.07, 6.45) is 1.78. The third-order valence-electron chi connectivity index (χ3n) is 2.10. The number of nitrogens with one attached hydrogen (secondary N) is 1. The largest absolute Gasteiger partial charge is 0.383 e. The zero-order valence-electron chi connectivity index (χ0n) is 11.7. The summed E-state index contributed by atoms with van der Waals surface area (Å²) in [6, 6.07) is 5.83. The molecule has 5 nitrogen and oxygen atoms in total. The number of nitrogen functional groups attached to an aromatic ring is 1. The van der Waals surface area contributed by atoms with Crippen molar-refractivity contribution in [1.82, 2.24) is 20.3 Å². The Morgan fingerprint density at radius 2 is 2.00 bits per heavy atom. The molecule has 2 rings (SSSR count). The predicted molar refractivity (Wildman–Crippen MR) is 87.7 cm³/mol. The monoisotopic (exact) mass is 355 g/mol. The molecule has 0 saturated carbocycles. The van der Waals surface area contributed by atoms with E-state index in [1.807, 2.05) is 39.2 Å². The van der Waals surface area contributed by atoms with E-state index in [0.717, 1.165) is 21.6 Å². The number of aromatic nitrogens is 3. The van der Waals surface area contributed by atoms with Crippen LogP contribution in [0.4, 0.5) is 5.82 Å². The molecule has 0 aromatic carbocycles. The molecular weight excluding hydrogens is 338 g/mol. The van der Waals surface area contributed by atoms with Crippen LogP contribution < -0.4 is 11.1 Å².